The first-order valence-electron chi connectivity index (χ1n) is 5.26. The van der Waals surface area contributed by atoms with Crippen LogP contribution in [0, 0.1) is 0 Å². The van der Waals surface area contributed by atoms with Crippen LogP contribution < -0.4 is 5.90 Å². The second-order valence-electron chi connectivity index (χ2n) is 3.27. The van der Waals surface area contributed by atoms with Gasteiger partial charge in [-0.1, -0.05) is 26.2 Å². The highest BCUT2D eigenvalue weighted by atomic mass is 16.7. The molecule has 0 aromatic rings. The summed E-state index contributed by atoms with van der Waals surface area (Å²) in [5.41, 5.74) is 0. The maximum absolute atomic E-state index is 11.0. The van der Waals surface area contributed by atoms with E-state index in [0.717, 1.165) is 25.7 Å². The van der Waals surface area contributed by atoms with Crippen molar-refractivity contribution in [3.05, 3.63) is 0 Å². The summed E-state index contributed by atoms with van der Waals surface area (Å²) >= 11 is 0. The largest absolute Gasteiger partial charge is 0.466 e. The Labute approximate surface area is 89.9 Å². The van der Waals surface area contributed by atoms with E-state index in [1.807, 2.05) is 0 Å². The molecule has 0 aromatic heterocycles. The van der Waals surface area contributed by atoms with Gasteiger partial charge in [0.25, 0.3) is 0 Å². The van der Waals surface area contributed by atoms with Crippen molar-refractivity contribution in [1.82, 2.24) is 0 Å². The van der Waals surface area contributed by atoms with Gasteiger partial charge in [0.1, 0.15) is 0 Å². The van der Waals surface area contributed by atoms with Crippen molar-refractivity contribution in [3.8, 4) is 0 Å². The molecule has 2 N–H and O–H groups in total. The summed E-state index contributed by atoms with van der Waals surface area (Å²) in [7, 11) is 0. The zero-order valence-electron chi connectivity index (χ0n) is 9.16. The van der Waals surface area contributed by atoms with Crippen molar-refractivity contribution in [2.24, 2.45) is 5.90 Å². The highest BCUT2D eigenvalue weighted by Gasteiger charge is 2.07. The Morgan fingerprint density at radius 2 is 1.73 bits per heavy atom. The Hall–Kier alpha value is -1.10. The molecule has 0 heterocycles. The molecular weight excluding hydrogens is 198 g/mol. The topological polar surface area (TPSA) is 78.6 Å². The summed E-state index contributed by atoms with van der Waals surface area (Å²) in [6.45, 7) is 2.54. The number of esters is 1. The molecule has 0 fully saturated rings. The fraction of sp³-hybridized carbons (Fsp3) is 0.800. The molecule has 0 spiro atoms. The number of hydrogen-bond acceptors (Lipinski definition) is 5. The van der Waals surface area contributed by atoms with Crippen LogP contribution in [-0.4, -0.2) is 18.5 Å². The van der Waals surface area contributed by atoms with Gasteiger partial charge in [0, 0.05) is 0 Å². The summed E-state index contributed by atoms with van der Waals surface area (Å²) < 4.78 is 4.90. The average Bonchev–Trinajstić information content (AvgIpc) is 2.25. The van der Waals surface area contributed by atoms with E-state index in [0.29, 0.717) is 6.61 Å². The van der Waals surface area contributed by atoms with Crippen molar-refractivity contribution < 1.29 is 19.2 Å². The van der Waals surface area contributed by atoms with Crippen LogP contribution in [0.1, 0.15) is 45.4 Å². The second kappa shape index (κ2) is 9.45. The minimum atomic E-state index is -0.599. The Bertz CT molecular complexity index is 194. The van der Waals surface area contributed by atoms with Gasteiger partial charge in [0.15, 0.2) is 0 Å². The minimum Gasteiger partial charge on any atom is -0.466 e. The van der Waals surface area contributed by atoms with Crippen molar-refractivity contribution >= 4 is 11.9 Å². The van der Waals surface area contributed by atoms with E-state index in [1.54, 1.807) is 0 Å². The van der Waals surface area contributed by atoms with Crippen LogP contribution in [0.4, 0.5) is 0 Å². The second-order valence-corrected chi connectivity index (χ2v) is 3.27. The lowest BCUT2D eigenvalue weighted by atomic mass is 10.2. The fourth-order valence-electron chi connectivity index (χ4n) is 1.05. The Morgan fingerprint density at radius 1 is 1.07 bits per heavy atom. The molecule has 0 unspecified atom stereocenters. The molecule has 0 amide bonds. The normalized spacial score (nSPS) is 9.73. The molecule has 0 aliphatic carbocycles. The number of hydrogen-bond donors (Lipinski definition) is 1. The number of carbonyl (C=O) groups excluding carboxylic acids is 2. The molecule has 0 aliphatic heterocycles. The van der Waals surface area contributed by atoms with Gasteiger partial charge in [-0.15, -0.1) is 0 Å². The number of carbonyl (C=O) groups is 2. The predicted molar refractivity (Wildman–Crippen MR) is 54.6 cm³/mol. The van der Waals surface area contributed by atoms with Crippen molar-refractivity contribution in [3.63, 3.8) is 0 Å². The van der Waals surface area contributed by atoms with Gasteiger partial charge in [-0.05, 0) is 6.42 Å². The quantitative estimate of drug-likeness (QED) is 0.376. The van der Waals surface area contributed by atoms with E-state index in [-0.39, 0.29) is 18.8 Å². The van der Waals surface area contributed by atoms with Crippen LogP contribution >= 0.6 is 0 Å². The molecule has 5 heteroatoms. The molecule has 0 radical (unpaired) electrons. The molecule has 15 heavy (non-hydrogen) atoms. The van der Waals surface area contributed by atoms with Crippen LogP contribution in [0.5, 0.6) is 0 Å². The molecule has 0 saturated heterocycles. The van der Waals surface area contributed by atoms with Gasteiger partial charge >= 0.3 is 11.9 Å². The molecule has 5 nitrogen and oxygen atoms in total. The summed E-state index contributed by atoms with van der Waals surface area (Å²) in [4.78, 5) is 25.5. The molecule has 0 rings (SSSR count). The molecular formula is C10H19NO4. The fourth-order valence-corrected chi connectivity index (χ4v) is 1.05. The molecule has 0 aliphatic rings. The summed E-state index contributed by atoms with van der Waals surface area (Å²) in [6.07, 6.45) is 4.25. The number of unbranched alkanes of at least 4 members (excludes halogenated alkanes) is 3. The zero-order valence-corrected chi connectivity index (χ0v) is 9.16. The number of nitrogens with two attached hydrogens (primary N) is 1. The first kappa shape index (κ1) is 13.9. The SMILES string of the molecule is CCCCCCOC(=O)CCC(=O)ON. The van der Waals surface area contributed by atoms with Crippen molar-refractivity contribution in [2.45, 2.75) is 45.4 Å². The standard InChI is InChI=1S/C10H19NO4/c1-2-3-4-5-8-14-9(12)6-7-10(13)15-11/h2-8,11H2,1H3. The zero-order chi connectivity index (χ0) is 11.5. The maximum Gasteiger partial charge on any atom is 0.325 e. The van der Waals surface area contributed by atoms with Gasteiger partial charge in [-0.2, -0.15) is 5.90 Å². The molecule has 88 valence electrons. The van der Waals surface area contributed by atoms with Crippen LogP contribution in [0.2, 0.25) is 0 Å². The highest BCUT2D eigenvalue weighted by molar-refractivity contribution is 5.77. The highest BCUT2D eigenvalue weighted by Crippen LogP contribution is 2.00. The van der Waals surface area contributed by atoms with Crippen molar-refractivity contribution in [1.29, 1.82) is 0 Å². The van der Waals surface area contributed by atoms with E-state index < -0.39 is 5.97 Å². The van der Waals surface area contributed by atoms with E-state index in [1.165, 1.54) is 0 Å². The summed E-state index contributed by atoms with van der Waals surface area (Å²) in [5, 5.41) is 0. The number of rotatable bonds is 8. The van der Waals surface area contributed by atoms with Crippen LogP contribution in [-0.2, 0) is 19.2 Å². The van der Waals surface area contributed by atoms with Gasteiger partial charge in [-0.3, -0.25) is 9.59 Å². The van der Waals surface area contributed by atoms with Gasteiger partial charge < -0.3 is 9.57 Å². The maximum atomic E-state index is 11.0. The predicted octanol–water partition coefficient (Wildman–Crippen LogP) is 1.31. The lowest BCUT2D eigenvalue weighted by Gasteiger charge is -2.03. The Morgan fingerprint density at radius 3 is 2.33 bits per heavy atom. The Kier molecular flexibility index (Phi) is 8.76. The molecule has 0 atom stereocenters. The van der Waals surface area contributed by atoms with Gasteiger partial charge in [0.2, 0.25) is 0 Å². The van der Waals surface area contributed by atoms with E-state index in [2.05, 4.69) is 17.7 Å². The third-order valence-corrected chi connectivity index (χ3v) is 1.93. The summed E-state index contributed by atoms with van der Waals surface area (Å²) in [6, 6.07) is 0. The van der Waals surface area contributed by atoms with Crippen LogP contribution in [0.25, 0.3) is 0 Å². The molecule has 0 bridgehead atoms. The summed E-state index contributed by atoms with van der Waals surface area (Å²) in [5.74, 6) is 3.63. The lowest BCUT2D eigenvalue weighted by Crippen LogP contribution is -2.13. The third kappa shape index (κ3) is 9.21. The van der Waals surface area contributed by atoms with Crippen LogP contribution in [0.15, 0.2) is 0 Å². The minimum absolute atomic E-state index is 0.0235. The van der Waals surface area contributed by atoms with E-state index in [9.17, 15) is 9.59 Å². The first-order chi connectivity index (χ1) is 7.20. The average molecular weight is 217 g/mol. The van der Waals surface area contributed by atoms with Crippen molar-refractivity contribution in [2.75, 3.05) is 6.61 Å². The van der Waals surface area contributed by atoms with E-state index >= 15 is 0 Å². The third-order valence-electron chi connectivity index (χ3n) is 1.93. The first-order valence-corrected chi connectivity index (χ1v) is 5.26. The monoisotopic (exact) mass is 217 g/mol. The molecule has 0 aromatic carbocycles. The lowest BCUT2D eigenvalue weighted by molar-refractivity contribution is -0.150. The smallest absolute Gasteiger partial charge is 0.325 e. The Balaban J connectivity index is 3.30. The van der Waals surface area contributed by atoms with E-state index in [4.69, 9.17) is 4.74 Å². The van der Waals surface area contributed by atoms with Crippen LogP contribution in [0.3, 0.4) is 0 Å². The van der Waals surface area contributed by atoms with Gasteiger partial charge in [-0.25, -0.2) is 0 Å². The van der Waals surface area contributed by atoms with Gasteiger partial charge in [0.05, 0.1) is 19.4 Å². The number of ether oxygens (including phenoxy) is 1. The molecule has 0 saturated carbocycles.